The summed E-state index contributed by atoms with van der Waals surface area (Å²) < 4.78 is 30.0. The topological polar surface area (TPSA) is 82.0 Å². The highest BCUT2D eigenvalue weighted by Gasteiger charge is 2.29. The Balaban J connectivity index is 0.00000341. The highest BCUT2D eigenvalue weighted by atomic mass is 127. The lowest BCUT2D eigenvalue weighted by Crippen LogP contribution is -2.47. The summed E-state index contributed by atoms with van der Waals surface area (Å²) in [6.07, 6.45) is 4.02. The lowest BCUT2D eigenvalue weighted by molar-refractivity contribution is 0.222. The van der Waals surface area contributed by atoms with Crippen molar-refractivity contribution in [1.29, 1.82) is 0 Å². The van der Waals surface area contributed by atoms with Crippen LogP contribution in [0.2, 0.25) is 0 Å². The second-order valence-corrected chi connectivity index (χ2v) is 9.46. The zero-order valence-electron chi connectivity index (χ0n) is 18.4. The van der Waals surface area contributed by atoms with E-state index in [-0.39, 0.29) is 24.0 Å². The van der Waals surface area contributed by atoms with Gasteiger partial charge in [-0.15, -0.1) is 24.0 Å². The zero-order chi connectivity index (χ0) is 21.6. The maximum Gasteiger partial charge on any atom is 0.243 e. The summed E-state index contributed by atoms with van der Waals surface area (Å²) in [6, 6.07) is 9.23. The normalized spacial score (nSPS) is 16.0. The highest BCUT2D eigenvalue weighted by molar-refractivity contribution is 14.0. The largest absolute Gasteiger partial charge is 0.357 e. The van der Waals surface area contributed by atoms with Crippen molar-refractivity contribution in [2.24, 2.45) is 12.0 Å². The quantitative estimate of drug-likeness (QED) is 0.307. The molecule has 8 nitrogen and oxygen atoms in total. The Labute approximate surface area is 202 Å². The molecule has 0 unspecified atom stereocenters. The molecular formula is C21H33IN6O2S. The summed E-state index contributed by atoms with van der Waals surface area (Å²) in [5, 5.41) is 6.50. The first-order valence-electron chi connectivity index (χ1n) is 10.3. The van der Waals surface area contributed by atoms with Crippen LogP contribution in [0.3, 0.4) is 0 Å². The minimum absolute atomic E-state index is 0. The van der Waals surface area contributed by atoms with Gasteiger partial charge in [0.1, 0.15) is 0 Å². The van der Waals surface area contributed by atoms with Gasteiger partial charge >= 0.3 is 0 Å². The smallest absolute Gasteiger partial charge is 0.243 e. The van der Waals surface area contributed by atoms with Crippen LogP contribution in [0.25, 0.3) is 0 Å². The van der Waals surface area contributed by atoms with Gasteiger partial charge in [-0.2, -0.15) is 4.31 Å². The average Bonchev–Trinajstić information content (AvgIpc) is 3.16. The van der Waals surface area contributed by atoms with Gasteiger partial charge in [0.05, 0.1) is 11.4 Å². The number of rotatable bonds is 7. The van der Waals surface area contributed by atoms with Crippen molar-refractivity contribution < 1.29 is 8.42 Å². The molecule has 2 aromatic rings. The first-order chi connectivity index (χ1) is 14.4. The van der Waals surface area contributed by atoms with Gasteiger partial charge in [0, 0.05) is 58.7 Å². The Morgan fingerprint density at radius 2 is 1.77 bits per heavy atom. The monoisotopic (exact) mass is 560 g/mol. The number of piperazine rings is 1. The number of halogens is 1. The fraction of sp³-hybridized carbons (Fsp3) is 0.476. The molecule has 10 heteroatoms. The van der Waals surface area contributed by atoms with Crippen LogP contribution in [0, 0.1) is 0 Å². The van der Waals surface area contributed by atoms with E-state index in [9.17, 15) is 8.42 Å². The number of guanidine groups is 1. The van der Waals surface area contributed by atoms with Crippen LogP contribution in [0.1, 0.15) is 18.1 Å². The number of benzene rings is 1. The number of aliphatic imine (C=N–C) groups is 1. The molecule has 172 valence electrons. The predicted octanol–water partition coefficient (Wildman–Crippen LogP) is 1.83. The van der Waals surface area contributed by atoms with Gasteiger partial charge in [-0.25, -0.2) is 13.4 Å². The Morgan fingerprint density at radius 1 is 1.06 bits per heavy atom. The van der Waals surface area contributed by atoms with Crippen LogP contribution < -0.4 is 10.6 Å². The van der Waals surface area contributed by atoms with E-state index in [1.54, 1.807) is 16.4 Å². The Kier molecular flexibility index (Phi) is 9.79. The summed E-state index contributed by atoms with van der Waals surface area (Å²) in [4.78, 5) is 7.12. The van der Waals surface area contributed by atoms with Crippen molar-refractivity contribution in [1.82, 2.24) is 24.4 Å². The third kappa shape index (κ3) is 6.93. The van der Waals surface area contributed by atoms with E-state index in [1.807, 2.05) is 56.2 Å². The Morgan fingerprint density at radius 3 is 2.42 bits per heavy atom. The lowest BCUT2D eigenvalue weighted by Gasteiger charge is -2.32. The highest BCUT2D eigenvalue weighted by Crippen LogP contribution is 2.21. The minimum Gasteiger partial charge on any atom is -0.357 e. The van der Waals surface area contributed by atoms with Crippen LogP contribution in [0.4, 0.5) is 0 Å². The molecule has 0 amide bonds. The van der Waals surface area contributed by atoms with Gasteiger partial charge < -0.3 is 20.1 Å². The first-order valence-corrected chi connectivity index (χ1v) is 11.7. The molecule has 0 atom stereocenters. The van der Waals surface area contributed by atoms with E-state index in [1.165, 1.54) is 0 Å². The van der Waals surface area contributed by atoms with Crippen molar-refractivity contribution in [3.8, 4) is 0 Å². The number of hydrogen-bond donors (Lipinski definition) is 2. The SMILES string of the molecule is CCNC(=NCc1ccn(C)c1)NCc1ccccc1S(=O)(=O)N1CCN(C)CC1.I. The van der Waals surface area contributed by atoms with E-state index >= 15 is 0 Å². The molecule has 1 aromatic heterocycles. The molecule has 0 saturated carbocycles. The zero-order valence-corrected chi connectivity index (χ0v) is 21.6. The molecule has 0 spiro atoms. The van der Waals surface area contributed by atoms with Crippen LogP contribution in [0.5, 0.6) is 0 Å². The van der Waals surface area contributed by atoms with Gasteiger partial charge in [0.15, 0.2) is 5.96 Å². The second kappa shape index (κ2) is 11.8. The molecular weight excluding hydrogens is 527 g/mol. The molecule has 1 aromatic carbocycles. The fourth-order valence-electron chi connectivity index (χ4n) is 3.41. The molecule has 0 aliphatic carbocycles. The van der Waals surface area contributed by atoms with Crippen LogP contribution in [-0.2, 0) is 30.2 Å². The van der Waals surface area contributed by atoms with E-state index in [0.29, 0.717) is 37.0 Å². The van der Waals surface area contributed by atoms with Crippen molar-refractivity contribution in [3.05, 3.63) is 53.9 Å². The third-order valence-electron chi connectivity index (χ3n) is 5.16. The summed E-state index contributed by atoms with van der Waals surface area (Å²) in [7, 11) is 0.468. The van der Waals surface area contributed by atoms with E-state index < -0.39 is 10.0 Å². The van der Waals surface area contributed by atoms with Gasteiger partial charge in [-0.05, 0) is 37.2 Å². The number of aryl methyl sites for hydroxylation is 1. The molecule has 2 heterocycles. The summed E-state index contributed by atoms with van der Waals surface area (Å²) in [5.41, 5.74) is 1.86. The molecule has 31 heavy (non-hydrogen) atoms. The number of nitrogens with zero attached hydrogens (tertiary/aromatic N) is 4. The molecule has 0 radical (unpaired) electrons. The minimum atomic E-state index is -3.53. The van der Waals surface area contributed by atoms with Gasteiger partial charge in [0.2, 0.25) is 10.0 Å². The molecule has 2 N–H and O–H groups in total. The fourth-order valence-corrected chi connectivity index (χ4v) is 5.06. The van der Waals surface area contributed by atoms with Crippen LogP contribution in [-0.4, -0.2) is 67.9 Å². The Hall–Kier alpha value is -1.63. The van der Waals surface area contributed by atoms with Crippen molar-refractivity contribution in [2.75, 3.05) is 39.8 Å². The van der Waals surface area contributed by atoms with Gasteiger partial charge in [0.25, 0.3) is 0 Å². The first kappa shape index (κ1) is 25.6. The number of nitrogens with one attached hydrogen (secondary N) is 2. The third-order valence-corrected chi connectivity index (χ3v) is 7.16. The van der Waals surface area contributed by atoms with Gasteiger partial charge in [-0.1, -0.05) is 18.2 Å². The number of likely N-dealkylation sites (N-methyl/N-ethyl adjacent to an activating group) is 1. The second-order valence-electron chi connectivity index (χ2n) is 7.55. The molecule has 0 bridgehead atoms. The molecule has 1 aliphatic rings. The van der Waals surface area contributed by atoms with E-state index in [2.05, 4.69) is 20.5 Å². The average molecular weight is 561 g/mol. The maximum atomic E-state index is 13.2. The van der Waals surface area contributed by atoms with Crippen LogP contribution in [0.15, 0.2) is 52.6 Å². The molecule has 1 aliphatic heterocycles. The maximum absolute atomic E-state index is 13.2. The number of aromatic nitrogens is 1. The van der Waals surface area contributed by atoms with E-state index in [4.69, 9.17) is 0 Å². The van der Waals surface area contributed by atoms with Gasteiger partial charge in [-0.3, -0.25) is 0 Å². The van der Waals surface area contributed by atoms with Crippen molar-refractivity contribution in [2.45, 2.75) is 24.9 Å². The predicted molar refractivity (Wildman–Crippen MR) is 135 cm³/mol. The number of hydrogen-bond acceptors (Lipinski definition) is 4. The van der Waals surface area contributed by atoms with Crippen molar-refractivity contribution >= 4 is 40.0 Å². The van der Waals surface area contributed by atoms with Crippen molar-refractivity contribution in [3.63, 3.8) is 0 Å². The molecule has 3 rings (SSSR count). The number of sulfonamides is 1. The summed E-state index contributed by atoms with van der Waals surface area (Å²) in [6.45, 7) is 6.19. The Bertz CT molecular complexity index is 968. The van der Waals surface area contributed by atoms with Crippen LogP contribution >= 0.6 is 24.0 Å². The lowest BCUT2D eigenvalue weighted by atomic mass is 10.2. The van der Waals surface area contributed by atoms with E-state index in [0.717, 1.165) is 30.8 Å². The summed E-state index contributed by atoms with van der Waals surface area (Å²) >= 11 is 0. The molecule has 1 fully saturated rings. The molecule has 1 saturated heterocycles. The summed E-state index contributed by atoms with van der Waals surface area (Å²) in [5.74, 6) is 0.660. The standard InChI is InChI=1S/C21H32N6O2S.HI/c1-4-22-21(23-15-18-9-10-26(3)17-18)24-16-19-7-5-6-8-20(19)30(28,29)27-13-11-25(2)12-14-27;/h5-10,17H,4,11-16H2,1-3H3,(H2,22,23,24);1H.